The molecule has 2 fully saturated rings. The lowest BCUT2D eigenvalue weighted by Gasteiger charge is -2.40. The highest BCUT2D eigenvalue weighted by Gasteiger charge is 2.60. The van der Waals surface area contributed by atoms with Crippen LogP contribution in [-0.2, 0) is 33.2 Å². The Morgan fingerprint density at radius 3 is 2.19 bits per heavy atom. The van der Waals surface area contributed by atoms with E-state index in [2.05, 4.69) is 0 Å². The molecule has 1 aliphatic carbocycles. The first-order valence-electron chi connectivity index (χ1n) is 11.9. The van der Waals surface area contributed by atoms with Gasteiger partial charge in [-0.2, -0.15) is 13.5 Å². The summed E-state index contributed by atoms with van der Waals surface area (Å²) in [4.78, 5) is 36.9. The molecular formula is C25H36N2O8S. The molecule has 0 bridgehead atoms. The Hall–Kier alpha value is -2.50. The van der Waals surface area contributed by atoms with E-state index in [9.17, 15) is 22.8 Å². The molecule has 4 atom stereocenters. The molecule has 10 nitrogen and oxygen atoms in total. The molecule has 0 aromatic heterocycles. The lowest BCUT2D eigenvalue weighted by molar-refractivity contribution is -0.160. The van der Waals surface area contributed by atoms with Gasteiger partial charge in [-0.15, -0.1) is 4.28 Å². The zero-order valence-electron chi connectivity index (χ0n) is 21.9. The zero-order chi connectivity index (χ0) is 27.2. The van der Waals surface area contributed by atoms with Gasteiger partial charge in [-0.25, -0.2) is 8.98 Å². The average Bonchev–Trinajstić information content (AvgIpc) is 2.89. The number of nitrogens with two attached hydrogens (primary N) is 1. The number of carbonyl (C=O) groups excluding carboxylic acids is 3. The van der Waals surface area contributed by atoms with Crippen molar-refractivity contribution in [1.29, 1.82) is 0 Å². The molecular weight excluding hydrogens is 488 g/mol. The number of nitrogens with zero attached hydrogens (tertiary/aromatic N) is 1. The van der Waals surface area contributed by atoms with Crippen molar-refractivity contribution in [2.75, 3.05) is 13.2 Å². The highest BCUT2D eigenvalue weighted by molar-refractivity contribution is 7.81. The van der Waals surface area contributed by atoms with Crippen LogP contribution in [-0.4, -0.2) is 50.5 Å². The van der Waals surface area contributed by atoms with Crippen LogP contribution in [0.15, 0.2) is 18.2 Å². The number of primary amides is 1. The van der Waals surface area contributed by atoms with Gasteiger partial charge in [-0.1, -0.05) is 45.9 Å². The highest BCUT2D eigenvalue weighted by Crippen LogP contribution is 2.50. The second-order valence-corrected chi connectivity index (χ2v) is 12.4. The molecule has 0 radical (unpaired) electrons. The van der Waals surface area contributed by atoms with Crippen molar-refractivity contribution in [2.24, 2.45) is 34.3 Å². The van der Waals surface area contributed by atoms with Crippen molar-refractivity contribution in [3.05, 3.63) is 34.9 Å². The number of hydrogen-bond donors (Lipinski definition) is 1. The Morgan fingerprint density at radius 2 is 1.64 bits per heavy atom. The van der Waals surface area contributed by atoms with Crippen molar-refractivity contribution >= 4 is 28.2 Å². The molecule has 0 spiro atoms. The minimum Gasteiger partial charge on any atom is -0.461 e. The lowest BCUT2D eigenvalue weighted by atomic mass is 9.64. The maximum atomic E-state index is 12.7. The average molecular weight is 525 g/mol. The van der Waals surface area contributed by atoms with Crippen LogP contribution in [0, 0.1) is 42.4 Å². The number of hydrogen-bond acceptors (Lipinski definition) is 8. The Balaban J connectivity index is 1.60. The van der Waals surface area contributed by atoms with Crippen LogP contribution in [0.2, 0.25) is 0 Å². The van der Waals surface area contributed by atoms with Gasteiger partial charge in [0, 0.05) is 5.41 Å². The van der Waals surface area contributed by atoms with E-state index in [4.69, 9.17) is 18.9 Å². The second-order valence-electron chi connectivity index (χ2n) is 11.2. The molecule has 200 valence electrons. The van der Waals surface area contributed by atoms with Gasteiger partial charge in [0.1, 0.15) is 0 Å². The predicted molar refractivity (Wildman–Crippen MR) is 130 cm³/mol. The summed E-state index contributed by atoms with van der Waals surface area (Å²) in [5, 5.41) is 0.776. The van der Waals surface area contributed by atoms with Crippen molar-refractivity contribution in [2.45, 2.75) is 60.9 Å². The summed E-state index contributed by atoms with van der Waals surface area (Å²) in [5.74, 6) is -3.11. The molecule has 1 saturated heterocycles. The third-order valence-electron chi connectivity index (χ3n) is 8.10. The van der Waals surface area contributed by atoms with Gasteiger partial charge < -0.3 is 10.5 Å². The standard InChI is InChI=1S/C25H36N2O8S/c1-14-9-8-10-15(2)19(14)23(30)33-12-24(4,5)25(6,7)13-34-36(31,32)35-27-16(3)17-11-18(21(26)28)20(17)22(27)29/h8-10,16-18,20H,11-13H2,1-7H3,(H2,26,28)/t16-,17-,18+,20?/m0/s1. The van der Waals surface area contributed by atoms with E-state index in [1.807, 2.05) is 45.9 Å². The number of benzene rings is 1. The Kier molecular flexibility index (Phi) is 7.61. The molecule has 1 aromatic rings. The number of ether oxygens (including phenoxy) is 1. The minimum absolute atomic E-state index is 0.0242. The topological polar surface area (TPSA) is 142 Å². The van der Waals surface area contributed by atoms with Gasteiger partial charge in [0.25, 0.3) is 5.91 Å². The summed E-state index contributed by atoms with van der Waals surface area (Å²) in [5.41, 5.74) is 6.01. The molecule has 1 aromatic carbocycles. The summed E-state index contributed by atoms with van der Waals surface area (Å²) in [6.45, 7) is 12.3. The van der Waals surface area contributed by atoms with Gasteiger partial charge in [-0.05, 0) is 49.7 Å². The molecule has 1 heterocycles. The van der Waals surface area contributed by atoms with E-state index in [1.54, 1.807) is 20.8 Å². The molecule has 1 unspecified atom stereocenters. The van der Waals surface area contributed by atoms with E-state index < -0.39 is 56.9 Å². The molecule has 1 saturated carbocycles. The van der Waals surface area contributed by atoms with Crippen LogP contribution in [0.4, 0.5) is 0 Å². The molecule has 2 N–H and O–H groups in total. The van der Waals surface area contributed by atoms with Gasteiger partial charge in [0.05, 0.1) is 36.7 Å². The number of esters is 1. The van der Waals surface area contributed by atoms with Crippen LogP contribution >= 0.6 is 0 Å². The van der Waals surface area contributed by atoms with Crippen molar-refractivity contribution in [3.8, 4) is 0 Å². The van der Waals surface area contributed by atoms with Crippen LogP contribution in [0.3, 0.4) is 0 Å². The van der Waals surface area contributed by atoms with E-state index in [-0.39, 0.29) is 19.1 Å². The molecule has 2 aliphatic rings. The number of amides is 2. The fraction of sp³-hybridized carbons (Fsp3) is 0.640. The maximum absolute atomic E-state index is 12.7. The first-order valence-corrected chi connectivity index (χ1v) is 13.3. The fourth-order valence-corrected chi connectivity index (χ4v) is 5.53. The van der Waals surface area contributed by atoms with Crippen molar-refractivity contribution in [1.82, 2.24) is 5.06 Å². The van der Waals surface area contributed by atoms with Crippen LogP contribution in [0.5, 0.6) is 0 Å². The number of carbonyl (C=O) groups is 3. The van der Waals surface area contributed by atoms with Gasteiger partial charge in [0.2, 0.25) is 5.91 Å². The van der Waals surface area contributed by atoms with E-state index >= 15 is 0 Å². The van der Waals surface area contributed by atoms with Crippen LogP contribution in [0.25, 0.3) is 0 Å². The van der Waals surface area contributed by atoms with Crippen LogP contribution in [0.1, 0.15) is 62.5 Å². The molecule has 36 heavy (non-hydrogen) atoms. The lowest BCUT2D eigenvalue weighted by Crippen LogP contribution is -2.46. The Labute approximate surface area is 212 Å². The summed E-state index contributed by atoms with van der Waals surface area (Å²) < 4.78 is 41.0. The zero-order valence-corrected chi connectivity index (χ0v) is 22.7. The van der Waals surface area contributed by atoms with E-state index in [0.29, 0.717) is 12.0 Å². The molecule has 1 aliphatic heterocycles. The summed E-state index contributed by atoms with van der Waals surface area (Å²) in [7, 11) is -4.59. The van der Waals surface area contributed by atoms with Crippen molar-refractivity contribution < 1.29 is 36.0 Å². The third-order valence-corrected chi connectivity index (χ3v) is 8.85. The largest absolute Gasteiger partial charge is 0.461 e. The first kappa shape index (κ1) is 28.1. The quantitative estimate of drug-likeness (QED) is 0.460. The highest BCUT2D eigenvalue weighted by atomic mass is 32.3. The van der Waals surface area contributed by atoms with E-state index in [1.165, 1.54) is 0 Å². The molecule has 3 rings (SSSR count). The number of aryl methyl sites for hydroxylation is 2. The second kappa shape index (κ2) is 9.75. The van der Waals surface area contributed by atoms with Gasteiger partial charge in [-0.3, -0.25) is 9.59 Å². The molecule has 11 heteroatoms. The fourth-order valence-electron chi connectivity index (χ4n) is 4.65. The Bertz CT molecular complexity index is 1140. The summed E-state index contributed by atoms with van der Waals surface area (Å²) in [6.07, 6.45) is 0.412. The number of fused-ring (bicyclic) bond motifs is 1. The van der Waals surface area contributed by atoms with Gasteiger partial charge in [0.15, 0.2) is 0 Å². The minimum atomic E-state index is -4.59. The number of rotatable bonds is 10. The Morgan fingerprint density at radius 1 is 1.08 bits per heavy atom. The monoisotopic (exact) mass is 524 g/mol. The maximum Gasteiger partial charge on any atom is 0.421 e. The predicted octanol–water partition coefficient (Wildman–Crippen LogP) is 2.67. The smallest absolute Gasteiger partial charge is 0.421 e. The molecule has 2 amide bonds. The van der Waals surface area contributed by atoms with Gasteiger partial charge >= 0.3 is 16.4 Å². The van der Waals surface area contributed by atoms with Crippen molar-refractivity contribution in [3.63, 3.8) is 0 Å². The number of hydroxylamine groups is 2. The van der Waals surface area contributed by atoms with Crippen LogP contribution < -0.4 is 5.73 Å². The first-order chi connectivity index (χ1) is 16.5. The summed E-state index contributed by atoms with van der Waals surface area (Å²) in [6, 6.07) is 5.00. The summed E-state index contributed by atoms with van der Waals surface area (Å²) >= 11 is 0. The van der Waals surface area contributed by atoms with E-state index in [0.717, 1.165) is 16.2 Å². The normalized spacial score (nSPS) is 24.3. The third kappa shape index (κ3) is 5.28. The SMILES string of the molecule is Cc1cccc(C)c1C(=O)OCC(C)(C)C(C)(C)COS(=O)(=O)ON1C(=O)C2[C@@H](C[C@H]2C(N)=O)[C@@H]1C.